The first-order valence-corrected chi connectivity index (χ1v) is 8.02. The molecule has 1 rings (SSSR count). The average Bonchev–Trinajstić information content (AvgIpc) is 2.72. The van der Waals surface area contributed by atoms with Crippen LogP contribution in [0.5, 0.6) is 0 Å². The number of hydrogen-bond acceptors (Lipinski definition) is 7. The summed E-state index contributed by atoms with van der Waals surface area (Å²) >= 11 is 0. The number of anilines is 1. The minimum Gasteiger partial charge on any atom is -0.407 e. The molecule has 0 saturated carbocycles. The Bertz CT molecular complexity index is 444. The Morgan fingerprint density at radius 3 is 2.72 bits per heavy atom. The van der Waals surface area contributed by atoms with Crippen LogP contribution < -0.4 is 10.6 Å². The van der Waals surface area contributed by atoms with E-state index in [1.165, 1.54) is 6.26 Å². The molecule has 0 bridgehead atoms. The molecule has 0 fully saturated rings. The Morgan fingerprint density at radius 2 is 2.06 bits per heavy atom. The second-order valence-electron chi connectivity index (χ2n) is 4.09. The third kappa shape index (κ3) is 6.55. The van der Waals surface area contributed by atoms with Crippen molar-refractivity contribution in [3.05, 3.63) is 5.89 Å². The number of hydrogen-bond donors (Lipinski definition) is 2. The van der Waals surface area contributed by atoms with Gasteiger partial charge in [-0.25, -0.2) is 8.42 Å². The van der Waals surface area contributed by atoms with Crippen LogP contribution >= 0.6 is 0 Å². The lowest BCUT2D eigenvalue weighted by Crippen LogP contribution is -2.13. The van der Waals surface area contributed by atoms with Crippen molar-refractivity contribution in [2.24, 2.45) is 0 Å². The van der Waals surface area contributed by atoms with Crippen molar-refractivity contribution in [3.8, 4) is 0 Å². The van der Waals surface area contributed by atoms with Gasteiger partial charge in [0.05, 0.1) is 12.3 Å². The van der Waals surface area contributed by atoms with Crippen LogP contribution in [0.2, 0.25) is 0 Å². The monoisotopic (exact) mass is 276 g/mol. The number of aromatic nitrogens is 2. The van der Waals surface area contributed by atoms with Crippen molar-refractivity contribution in [2.75, 3.05) is 30.4 Å². The summed E-state index contributed by atoms with van der Waals surface area (Å²) in [5.41, 5.74) is 0. The zero-order valence-corrected chi connectivity index (χ0v) is 11.6. The third-order valence-electron chi connectivity index (χ3n) is 2.14. The summed E-state index contributed by atoms with van der Waals surface area (Å²) in [6.45, 7) is 4.03. The highest BCUT2D eigenvalue weighted by atomic mass is 32.2. The van der Waals surface area contributed by atoms with E-state index in [1.54, 1.807) is 0 Å². The van der Waals surface area contributed by atoms with Crippen molar-refractivity contribution in [3.63, 3.8) is 0 Å². The predicted molar refractivity (Wildman–Crippen MR) is 69.1 cm³/mol. The number of nitrogens with one attached hydrogen (secondary N) is 2. The maximum Gasteiger partial charge on any atom is 0.315 e. The van der Waals surface area contributed by atoms with Crippen molar-refractivity contribution in [1.82, 2.24) is 15.5 Å². The maximum atomic E-state index is 10.9. The van der Waals surface area contributed by atoms with E-state index in [2.05, 4.69) is 27.8 Å². The van der Waals surface area contributed by atoms with Crippen molar-refractivity contribution in [1.29, 1.82) is 0 Å². The first-order chi connectivity index (χ1) is 8.51. The lowest BCUT2D eigenvalue weighted by molar-refractivity contribution is 0.477. The van der Waals surface area contributed by atoms with Crippen molar-refractivity contribution < 1.29 is 12.8 Å². The van der Waals surface area contributed by atoms with Gasteiger partial charge in [0, 0.05) is 12.8 Å². The van der Waals surface area contributed by atoms with Crippen molar-refractivity contribution >= 4 is 15.9 Å². The van der Waals surface area contributed by atoms with Crippen LogP contribution in [0.25, 0.3) is 0 Å². The summed E-state index contributed by atoms with van der Waals surface area (Å²) in [6, 6.07) is 0.330. The highest BCUT2D eigenvalue weighted by Gasteiger charge is 2.05. The third-order valence-corrected chi connectivity index (χ3v) is 3.17. The highest BCUT2D eigenvalue weighted by Crippen LogP contribution is 2.05. The molecule has 0 aliphatic rings. The molecule has 0 aromatic carbocycles. The molecule has 18 heavy (non-hydrogen) atoms. The molecule has 0 aliphatic heterocycles. The van der Waals surface area contributed by atoms with Crippen LogP contribution in [0.4, 0.5) is 6.01 Å². The van der Waals surface area contributed by atoms with Gasteiger partial charge in [-0.1, -0.05) is 12.0 Å². The fourth-order valence-corrected chi connectivity index (χ4v) is 1.97. The van der Waals surface area contributed by atoms with Gasteiger partial charge in [-0.15, -0.1) is 5.10 Å². The van der Waals surface area contributed by atoms with E-state index in [4.69, 9.17) is 4.42 Å². The van der Waals surface area contributed by atoms with Gasteiger partial charge in [0.2, 0.25) is 5.89 Å². The van der Waals surface area contributed by atoms with E-state index < -0.39 is 9.84 Å². The second-order valence-corrected chi connectivity index (χ2v) is 6.35. The molecule has 104 valence electrons. The summed E-state index contributed by atoms with van der Waals surface area (Å²) in [4.78, 5) is 0. The normalized spacial score (nSPS) is 11.7. The molecule has 2 N–H and O–H groups in total. The quantitative estimate of drug-likeness (QED) is 0.631. The zero-order valence-electron chi connectivity index (χ0n) is 10.8. The standard InChI is InChI=1S/C10H20N4O3S/c1-3-5-11-8-9-13-14-10(17-9)12-6-4-7-18(2,15)16/h11H,3-8H2,1-2H3,(H,12,14). The minimum absolute atomic E-state index is 0.152. The second kappa shape index (κ2) is 7.32. The molecule has 0 spiro atoms. The fourth-order valence-electron chi connectivity index (χ4n) is 1.30. The van der Waals surface area contributed by atoms with Gasteiger partial charge in [-0.3, -0.25) is 0 Å². The fraction of sp³-hybridized carbons (Fsp3) is 0.800. The Labute approximate surface area is 107 Å². The summed E-state index contributed by atoms with van der Waals surface area (Å²) in [6.07, 6.45) is 2.78. The number of sulfone groups is 1. The SMILES string of the molecule is CCCNCc1nnc(NCCCS(C)(=O)=O)o1. The van der Waals surface area contributed by atoms with Crippen LogP contribution in [-0.4, -0.2) is 43.7 Å². The molecule has 8 heteroatoms. The Balaban J connectivity index is 2.23. The Kier molecular flexibility index (Phi) is 6.06. The van der Waals surface area contributed by atoms with Gasteiger partial charge in [0.1, 0.15) is 9.84 Å². The molecule has 0 aliphatic carbocycles. The molecule has 0 amide bonds. The van der Waals surface area contributed by atoms with Gasteiger partial charge in [-0.05, 0) is 19.4 Å². The first-order valence-electron chi connectivity index (χ1n) is 5.96. The van der Waals surface area contributed by atoms with Gasteiger partial charge >= 0.3 is 6.01 Å². The van der Waals surface area contributed by atoms with E-state index in [-0.39, 0.29) is 5.75 Å². The minimum atomic E-state index is -2.90. The first kappa shape index (κ1) is 14.9. The summed E-state index contributed by atoms with van der Waals surface area (Å²) in [5.74, 6) is 0.674. The smallest absolute Gasteiger partial charge is 0.315 e. The van der Waals surface area contributed by atoms with Crippen LogP contribution in [0.1, 0.15) is 25.7 Å². The van der Waals surface area contributed by atoms with Crippen molar-refractivity contribution in [2.45, 2.75) is 26.3 Å². The molecule has 1 aromatic rings. The van der Waals surface area contributed by atoms with E-state index in [9.17, 15) is 8.42 Å². The molecule has 0 radical (unpaired) electrons. The van der Waals surface area contributed by atoms with E-state index in [0.29, 0.717) is 31.4 Å². The van der Waals surface area contributed by atoms with Gasteiger partial charge in [-0.2, -0.15) is 0 Å². The van der Waals surface area contributed by atoms with E-state index >= 15 is 0 Å². The number of rotatable bonds is 9. The lowest BCUT2D eigenvalue weighted by Gasteiger charge is -2.00. The predicted octanol–water partition coefficient (Wildman–Crippen LogP) is 0.416. The van der Waals surface area contributed by atoms with Gasteiger partial charge < -0.3 is 15.1 Å². The molecular formula is C10H20N4O3S. The molecule has 0 unspecified atom stereocenters. The Morgan fingerprint density at radius 1 is 1.28 bits per heavy atom. The lowest BCUT2D eigenvalue weighted by atomic mass is 10.5. The molecule has 1 heterocycles. The molecule has 0 atom stereocenters. The Hall–Kier alpha value is -1.15. The summed E-state index contributed by atoms with van der Waals surface area (Å²) < 4.78 is 27.1. The molecule has 1 aromatic heterocycles. The average molecular weight is 276 g/mol. The van der Waals surface area contributed by atoms with E-state index in [1.807, 2.05) is 0 Å². The zero-order chi connectivity index (χ0) is 13.4. The maximum absolute atomic E-state index is 10.9. The summed E-state index contributed by atoms with van der Waals surface area (Å²) in [7, 11) is -2.90. The van der Waals surface area contributed by atoms with E-state index in [0.717, 1.165) is 13.0 Å². The summed E-state index contributed by atoms with van der Waals surface area (Å²) in [5, 5.41) is 13.7. The van der Waals surface area contributed by atoms with Crippen LogP contribution in [0, 0.1) is 0 Å². The highest BCUT2D eigenvalue weighted by molar-refractivity contribution is 7.90. The van der Waals surface area contributed by atoms with Crippen LogP contribution in [0.3, 0.4) is 0 Å². The number of nitrogens with zero attached hydrogens (tertiary/aromatic N) is 2. The van der Waals surface area contributed by atoms with Crippen LogP contribution in [-0.2, 0) is 16.4 Å². The molecule has 7 nitrogen and oxygen atoms in total. The van der Waals surface area contributed by atoms with Gasteiger partial charge in [0.25, 0.3) is 0 Å². The van der Waals surface area contributed by atoms with Gasteiger partial charge in [0.15, 0.2) is 0 Å². The molecule has 0 saturated heterocycles. The van der Waals surface area contributed by atoms with Crippen LogP contribution in [0.15, 0.2) is 4.42 Å². The topological polar surface area (TPSA) is 97.1 Å². The largest absolute Gasteiger partial charge is 0.407 e. The molecular weight excluding hydrogens is 256 g/mol.